The van der Waals surface area contributed by atoms with Crippen molar-refractivity contribution in [1.82, 2.24) is 4.98 Å². The molecule has 0 aliphatic rings. The van der Waals surface area contributed by atoms with Crippen molar-refractivity contribution >= 4 is 21.6 Å². The van der Waals surface area contributed by atoms with E-state index in [1.165, 1.54) is 35.2 Å². The minimum absolute atomic E-state index is 0.278. The second-order valence-corrected chi connectivity index (χ2v) is 5.50. The van der Waals surface area contributed by atoms with Crippen molar-refractivity contribution in [2.45, 2.75) is 38.4 Å². The van der Waals surface area contributed by atoms with Crippen LogP contribution in [0.5, 0.6) is 0 Å². The Balaban J connectivity index is 3.97. The summed E-state index contributed by atoms with van der Waals surface area (Å²) < 4.78 is 20.2. The number of nitrogens with one attached hydrogen (secondary N) is 1. The molecule has 7 nitrogen and oxygen atoms in total. The van der Waals surface area contributed by atoms with Crippen molar-refractivity contribution in [1.29, 1.82) is 0 Å². The predicted molar refractivity (Wildman–Crippen MR) is 71.1 cm³/mol. The van der Waals surface area contributed by atoms with Crippen molar-refractivity contribution < 1.29 is 28.5 Å². The quantitative estimate of drug-likeness (QED) is 0.268. The summed E-state index contributed by atoms with van der Waals surface area (Å²) in [6.45, 7) is 2.81. The Morgan fingerprint density at radius 2 is 1.74 bits per heavy atom. The molecule has 0 heterocycles. The van der Waals surface area contributed by atoms with Gasteiger partial charge >= 0.3 is 5.97 Å². The minimum atomic E-state index is -1.06. The average Bonchev–Trinajstić information content (AvgIpc) is 2.38. The van der Waals surface area contributed by atoms with Crippen molar-refractivity contribution in [3.63, 3.8) is 0 Å². The zero-order chi connectivity index (χ0) is 14.9. The largest absolute Gasteiger partial charge is 0.453 e. The monoisotopic (exact) mass is 293 g/mol. The van der Waals surface area contributed by atoms with Gasteiger partial charge in [-0.3, -0.25) is 9.59 Å². The SMILES string of the molecule is COC(CC[SiH2]NC(=O)C(C)OC(C)=O)(OC)OC. The van der Waals surface area contributed by atoms with Gasteiger partial charge in [0.15, 0.2) is 6.10 Å². The van der Waals surface area contributed by atoms with E-state index in [-0.39, 0.29) is 5.91 Å². The van der Waals surface area contributed by atoms with Crippen LogP contribution in [-0.4, -0.2) is 55.0 Å². The van der Waals surface area contributed by atoms with Gasteiger partial charge in [-0.15, -0.1) is 0 Å². The molecule has 1 unspecified atom stereocenters. The zero-order valence-corrected chi connectivity index (χ0v) is 13.6. The van der Waals surface area contributed by atoms with Crippen LogP contribution in [0, 0.1) is 0 Å². The molecule has 0 saturated heterocycles. The molecule has 8 heteroatoms. The van der Waals surface area contributed by atoms with Crippen molar-refractivity contribution in [3.05, 3.63) is 0 Å². The lowest BCUT2D eigenvalue weighted by Crippen LogP contribution is -2.40. The number of carbonyl (C=O) groups is 2. The number of amides is 1. The molecule has 0 fully saturated rings. The van der Waals surface area contributed by atoms with Crippen LogP contribution in [0.3, 0.4) is 0 Å². The molecule has 1 N–H and O–H groups in total. The first-order valence-corrected chi connectivity index (χ1v) is 7.72. The number of rotatable bonds is 9. The van der Waals surface area contributed by atoms with Gasteiger partial charge in [-0.2, -0.15) is 0 Å². The first-order chi connectivity index (χ1) is 8.90. The van der Waals surface area contributed by atoms with Crippen LogP contribution in [0.1, 0.15) is 20.3 Å². The van der Waals surface area contributed by atoms with E-state index in [1.54, 1.807) is 0 Å². The van der Waals surface area contributed by atoms with Crippen LogP contribution in [0.4, 0.5) is 0 Å². The maximum Gasteiger partial charge on any atom is 0.303 e. The fourth-order valence-electron chi connectivity index (χ4n) is 1.52. The number of carbonyl (C=O) groups excluding carboxylic acids is 2. The summed E-state index contributed by atoms with van der Waals surface area (Å²) >= 11 is 0. The third-order valence-electron chi connectivity index (χ3n) is 2.60. The highest BCUT2D eigenvalue weighted by atomic mass is 28.2. The van der Waals surface area contributed by atoms with Crippen LogP contribution in [0.15, 0.2) is 0 Å². The molecule has 0 radical (unpaired) electrons. The van der Waals surface area contributed by atoms with Crippen LogP contribution < -0.4 is 4.98 Å². The number of methoxy groups -OCH3 is 3. The second kappa shape index (κ2) is 9.02. The van der Waals surface area contributed by atoms with Gasteiger partial charge in [-0.25, -0.2) is 0 Å². The molecular weight excluding hydrogens is 270 g/mol. The van der Waals surface area contributed by atoms with Crippen LogP contribution >= 0.6 is 0 Å². The summed E-state index contributed by atoms with van der Waals surface area (Å²) in [5.41, 5.74) is 0. The smallest absolute Gasteiger partial charge is 0.303 e. The Morgan fingerprint density at radius 1 is 1.21 bits per heavy atom. The zero-order valence-electron chi connectivity index (χ0n) is 12.1. The van der Waals surface area contributed by atoms with Gasteiger partial charge in [0.2, 0.25) is 0 Å². The highest BCUT2D eigenvalue weighted by Gasteiger charge is 2.28. The van der Waals surface area contributed by atoms with E-state index in [2.05, 4.69) is 4.98 Å². The van der Waals surface area contributed by atoms with Crippen molar-refractivity contribution in [2.75, 3.05) is 21.3 Å². The molecule has 1 atom stereocenters. The van der Waals surface area contributed by atoms with Gasteiger partial charge in [-0.05, 0) is 13.0 Å². The van der Waals surface area contributed by atoms with Crippen LogP contribution in [0.25, 0.3) is 0 Å². The average molecular weight is 293 g/mol. The summed E-state index contributed by atoms with van der Waals surface area (Å²) in [6, 6.07) is 0.730. The molecule has 0 aromatic rings. The third-order valence-corrected chi connectivity index (χ3v) is 3.91. The molecule has 0 aromatic carbocycles. The fraction of sp³-hybridized carbons (Fsp3) is 0.818. The van der Waals surface area contributed by atoms with Gasteiger partial charge in [0.05, 0.1) is 0 Å². The summed E-state index contributed by atoms with van der Waals surface area (Å²) in [4.78, 5) is 25.0. The second-order valence-electron chi connectivity index (χ2n) is 3.94. The van der Waals surface area contributed by atoms with Crippen LogP contribution in [0.2, 0.25) is 6.04 Å². The standard InChI is InChI=1S/C11H23NO6Si/c1-8(18-9(2)13)10(14)12-19-7-6-11(15-3,16-4)17-5/h8H,6-7,19H2,1-5H3,(H,12,14). The summed E-state index contributed by atoms with van der Waals surface area (Å²) in [6.07, 6.45) is -0.243. The molecule has 0 spiro atoms. The molecule has 0 aliphatic heterocycles. The Kier molecular flexibility index (Phi) is 8.57. The van der Waals surface area contributed by atoms with Gasteiger partial charge in [0.1, 0.15) is 9.68 Å². The summed E-state index contributed by atoms with van der Waals surface area (Å²) in [7, 11) is 3.64. The fourth-order valence-corrected chi connectivity index (χ4v) is 2.84. The van der Waals surface area contributed by atoms with E-state index in [1.807, 2.05) is 0 Å². The lowest BCUT2D eigenvalue weighted by atomic mass is 10.4. The maximum absolute atomic E-state index is 11.6. The minimum Gasteiger partial charge on any atom is -0.453 e. The number of ether oxygens (including phenoxy) is 4. The van der Waals surface area contributed by atoms with Gasteiger partial charge < -0.3 is 23.9 Å². The van der Waals surface area contributed by atoms with E-state index >= 15 is 0 Å². The lowest BCUT2D eigenvalue weighted by molar-refractivity contribution is -0.352. The predicted octanol–water partition coefficient (Wildman–Crippen LogP) is -0.461. The molecule has 19 heavy (non-hydrogen) atoms. The first kappa shape index (κ1) is 18.0. The third kappa shape index (κ3) is 6.67. The molecule has 112 valence electrons. The highest BCUT2D eigenvalue weighted by molar-refractivity contribution is 6.37. The molecule has 0 aromatic heterocycles. The number of hydrogen-bond acceptors (Lipinski definition) is 6. The Morgan fingerprint density at radius 3 is 2.16 bits per heavy atom. The Hall–Kier alpha value is -0.963. The van der Waals surface area contributed by atoms with E-state index in [0.717, 1.165) is 6.04 Å². The lowest BCUT2D eigenvalue weighted by Gasteiger charge is -2.28. The molecule has 1 amide bonds. The molecule has 0 rings (SSSR count). The summed E-state index contributed by atoms with van der Waals surface area (Å²) in [5, 5.41) is 0. The van der Waals surface area contributed by atoms with E-state index in [9.17, 15) is 9.59 Å². The Labute approximate surface area is 115 Å². The highest BCUT2D eigenvalue weighted by Crippen LogP contribution is 2.18. The normalized spacial score (nSPS) is 13.5. The van der Waals surface area contributed by atoms with E-state index < -0.39 is 27.7 Å². The van der Waals surface area contributed by atoms with Crippen molar-refractivity contribution in [3.8, 4) is 0 Å². The van der Waals surface area contributed by atoms with Crippen LogP contribution in [-0.2, 0) is 28.5 Å². The number of esters is 1. The van der Waals surface area contributed by atoms with Gasteiger partial charge in [0.25, 0.3) is 11.9 Å². The van der Waals surface area contributed by atoms with Gasteiger partial charge in [0, 0.05) is 34.7 Å². The van der Waals surface area contributed by atoms with Gasteiger partial charge in [-0.1, -0.05) is 0 Å². The van der Waals surface area contributed by atoms with Crippen molar-refractivity contribution in [2.24, 2.45) is 0 Å². The molecule has 0 aliphatic carbocycles. The molecular formula is C11H23NO6Si. The summed E-state index contributed by atoms with van der Waals surface area (Å²) in [5.74, 6) is -1.81. The molecule has 0 bridgehead atoms. The van der Waals surface area contributed by atoms with E-state index in [4.69, 9.17) is 18.9 Å². The van der Waals surface area contributed by atoms with E-state index in [0.29, 0.717) is 6.42 Å². The first-order valence-electron chi connectivity index (χ1n) is 6.01. The molecule has 0 saturated carbocycles. The number of hydrogen-bond donors (Lipinski definition) is 1. The maximum atomic E-state index is 11.6. The Bertz CT molecular complexity index is 287. The topological polar surface area (TPSA) is 83.1 Å².